The first-order valence-electron chi connectivity index (χ1n) is 9.29. The molecule has 140 valence electrons. The number of hydrogen-bond acceptors (Lipinski definition) is 1. The molecule has 1 aliphatic rings. The van der Waals surface area contributed by atoms with Gasteiger partial charge >= 0.3 is 0 Å². The molecule has 4 rings (SSSR count). The molecule has 0 amide bonds. The van der Waals surface area contributed by atoms with Crippen molar-refractivity contribution in [1.82, 2.24) is 9.47 Å². The number of halogens is 2. The second-order valence-corrected chi connectivity index (χ2v) is 7.62. The molecule has 1 saturated heterocycles. The minimum absolute atomic E-state index is 0.359. The Kier molecular flexibility index (Phi) is 4.87. The number of aryl methyl sites for hydroxylation is 1. The Labute approximate surface area is 163 Å². The number of amidine groups is 1. The summed E-state index contributed by atoms with van der Waals surface area (Å²) in [6.45, 7) is 2.07. The van der Waals surface area contributed by atoms with E-state index in [0.29, 0.717) is 28.5 Å². The van der Waals surface area contributed by atoms with Crippen LogP contribution >= 0.6 is 11.6 Å². The molecule has 1 aliphatic heterocycles. The van der Waals surface area contributed by atoms with Gasteiger partial charge < -0.3 is 9.47 Å². The van der Waals surface area contributed by atoms with Crippen LogP contribution in [0.3, 0.4) is 0 Å². The molecule has 0 aliphatic carbocycles. The third-order valence-corrected chi connectivity index (χ3v) is 5.60. The molecule has 2 aromatic heterocycles. The van der Waals surface area contributed by atoms with Crippen molar-refractivity contribution in [3.63, 3.8) is 0 Å². The standard InChI is InChI=1S/C21H23ClFN4/c1-25-9-6-20-15(13-25)5-10-27(20)14-17-18(22)11-16(12-19(17)23)21(24)26-7-3-2-4-8-26/h5-6,9-13,24H,2-4,7-8,14H2,1H3/q+1. The summed E-state index contributed by atoms with van der Waals surface area (Å²) in [6.07, 6.45) is 9.31. The molecule has 27 heavy (non-hydrogen) atoms. The SMILES string of the molecule is C[n+]1ccc2c(ccn2Cc2c(F)cc(C(=N)N3CCCCC3)cc2Cl)c1. The number of nitrogens with zero attached hydrogens (tertiary/aromatic N) is 3. The zero-order valence-corrected chi connectivity index (χ0v) is 16.1. The van der Waals surface area contributed by atoms with E-state index in [1.807, 2.05) is 51.8 Å². The summed E-state index contributed by atoms with van der Waals surface area (Å²) < 4.78 is 18.9. The third kappa shape index (κ3) is 3.56. The summed E-state index contributed by atoms with van der Waals surface area (Å²) in [6, 6.07) is 7.20. The molecule has 0 spiro atoms. The maximum absolute atomic E-state index is 14.9. The highest BCUT2D eigenvalue weighted by molar-refractivity contribution is 6.31. The minimum Gasteiger partial charge on any atom is -0.357 e. The van der Waals surface area contributed by atoms with Gasteiger partial charge in [0.2, 0.25) is 0 Å². The lowest BCUT2D eigenvalue weighted by atomic mass is 10.1. The molecule has 0 unspecified atom stereocenters. The first-order chi connectivity index (χ1) is 13.0. The van der Waals surface area contributed by atoms with E-state index < -0.39 is 0 Å². The monoisotopic (exact) mass is 385 g/mol. The molecule has 0 saturated carbocycles. The lowest BCUT2D eigenvalue weighted by Crippen LogP contribution is -2.35. The first kappa shape index (κ1) is 18.0. The van der Waals surface area contributed by atoms with Crippen LogP contribution in [0.4, 0.5) is 4.39 Å². The van der Waals surface area contributed by atoms with Crippen LogP contribution in [0.15, 0.2) is 42.9 Å². The topological polar surface area (TPSA) is 35.9 Å². The fourth-order valence-corrected chi connectivity index (χ4v) is 4.02. The molecule has 6 heteroatoms. The Hall–Kier alpha value is -2.40. The van der Waals surface area contributed by atoms with Crippen molar-refractivity contribution in [3.8, 4) is 0 Å². The number of fused-ring (bicyclic) bond motifs is 1. The van der Waals surface area contributed by atoms with E-state index in [0.717, 1.165) is 36.8 Å². The second kappa shape index (κ2) is 7.31. The minimum atomic E-state index is -0.359. The number of benzene rings is 1. The van der Waals surface area contributed by atoms with Crippen LogP contribution in [0, 0.1) is 11.2 Å². The van der Waals surface area contributed by atoms with E-state index in [4.69, 9.17) is 17.0 Å². The molecule has 1 fully saturated rings. The third-order valence-electron chi connectivity index (χ3n) is 5.26. The zero-order chi connectivity index (χ0) is 19.0. The molecule has 1 aromatic carbocycles. The van der Waals surface area contributed by atoms with Gasteiger partial charge in [0.25, 0.3) is 0 Å². The van der Waals surface area contributed by atoms with Crippen molar-refractivity contribution in [1.29, 1.82) is 5.41 Å². The summed E-state index contributed by atoms with van der Waals surface area (Å²) in [4.78, 5) is 2.01. The normalized spacial score (nSPS) is 14.7. The number of piperidine rings is 1. The molecule has 3 aromatic rings. The number of aromatic nitrogens is 2. The van der Waals surface area contributed by atoms with Gasteiger partial charge in [0.15, 0.2) is 12.4 Å². The molecule has 4 nitrogen and oxygen atoms in total. The van der Waals surface area contributed by atoms with Gasteiger partial charge in [0, 0.05) is 41.5 Å². The molecular weight excluding hydrogens is 363 g/mol. The van der Waals surface area contributed by atoms with Crippen LogP contribution in [0.5, 0.6) is 0 Å². The molecule has 1 N–H and O–H groups in total. The molecule has 0 bridgehead atoms. The fourth-order valence-electron chi connectivity index (χ4n) is 3.75. The summed E-state index contributed by atoms with van der Waals surface area (Å²) in [5.41, 5.74) is 2.04. The summed E-state index contributed by atoms with van der Waals surface area (Å²) >= 11 is 6.44. The fraction of sp³-hybridized carbons (Fsp3) is 0.333. The summed E-state index contributed by atoms with van der Waals surface area (Å²) in [5, 5.41) is 9.87. The van der Waals surface area contributed by atoms with Gasteiger partial charge in [0.05, 0.1) is 17.4 Å². The Balaban J connectivity index is 1.62. The second-order valence-electron chi connectivity index (χ2n) is 7.21. The van der Waals surface area contributed by atoms with Gasteiger partial charge in [-0.25, -0.2) is 8.96 Å². The number of hydrogen-bond donors (Lipinski definition) is 1. The van der Waals surface area contributed by atoms with Crippen LogP contribution in [-0.4, -0.2) is 28.4 Å². The van der Waals surface area contributed by atoms with Crippen LogP contribution in [0.1, 0.15) is 30.4 Å². The smallest absolute Gasteiger partial charge is 0.177 e. The summed E-state index contributed by atoms with van der Waals surface area (Å²) in [5.74, 6) is 0.00330. The predicted molar refractivity (Wildman–Crippen MR) is 106 cm³/mol. The predicted octanol–water partition coefficient (Wildman–Crippen LogP) is 4.12. The Bertz CT molecular complexity index is 982. The van der Waals surface area contributed by atoms with Crippen molar-refractivity contribution < 1.29 is 8.96 Å². The highest BCUT2D eigenvalue weighted by Gasteiger charge is 2.19. The van der Waals surface area contributed by atoms with Gasteiger partial charge in [-0.2, -0.15) is 0 Å². The first-order valence-corrected chi connectivity index (χ1v) is 9.66. The van der Waals surface area contributed by atoms with Crippen LogP contribution < -0.4 is 4.57 Å². The van der Waals surface area contributed by atoms with Gasteiger partial charge in [-0.05, 0) is 37.5 Å². The molecule has 3 heterocycles. The van der Waals surface area contributed by atoms with E-state index in [-0.39, 0.29) is 5.82 Å². The zero-order valence-electron chi connectivity index (χ0n) is 15.4. The maximum atomic E-state index is 14.9. The van der Waals surface area contributed by atoms with Crippen LogP contribution in [0.25, 0.3) is 10.9 Å². The Morgan fingerprint density at radius 2 is 2.00 bits per heavy atom. The van der Waals surface area contributed by atoms with E-state index in [1.54, 1.807) is 6.07 Å². The quantitative estimate of drug-likeness (QED) is 0.411. The van der Waals surface area contributed by atoms with Crippen molar-refractivity contribution in [2.75, 3.05) is 13.1 Å². The number of rotatable bonds is 3. The largest absolute Gasteiger partial charge is 0.357 e. The van der Waals surface area contributed by atoms with Crippen molar-refractivity contribution in [2.45, 2.75) is 25.8 Å². The number of pyridine rings is 1. The molecule has 0 radical (unpaired) electrons. The van der Waals surface area contributed by atoms with Crippen molar-refractivity contribution in [2.24, 2.45) is 7.05 Å². The van der Waals surface area contributed by atoms with Crippen LogP contribution in [-0.2, 0) is 13.6 Å². The van der Waals surface area contributed by atoms with E-state index in [2.05, 4.69) is 0 Å². The van der Waals surface area contributed by atoms with Gasteiger partial charge in [0.1, 0.15) is 18.7 Å². The number of likely N-dealkylation sites (tertiary alicyclic amines) is 1. The van der Waals surface area contributed by atoms with Gasteiger partial charge in [-0.15, -0.1) is 0 Å². The van der Waals surface area contributed by atoms with Gasteiger partial charge in [-0.3, -0.25) is 5.41 Å². The maximum Gasteiger partial charge on any atom is 0.177 e. The molecular formula is C21H23ClFN4+. The van der Waals surface area contributed by atoms with E-state index in [1.165, 1.54) is 12.5 Å². The lowest BCUT2D eigenvalue weighted by molar-refractivity contribution is -0.670. The molecule has 0 atom stereocenters. The Morgan fingerprint density at radius 1 is 1.22 bits per heavy atom. The van der Waals surface area contributed by atoms with Crippen LogP contribution in [0.2, 0.25) is 5.02 Å². The lowest BCUT2D eigenvalue weighted by Gasteiger charge is -2.29. The Morgan fingerprint density at radius 3 is 2.74 bits per heavy atom. The average Bonchev–Trinajstić information content (AvgIpc) is 3.06. The van der Waals surface area contributed by atoms with Crippen molar-refractivity contribution >= 4 is 28.3 Å². The highest BCUT2D eigenvalue weighted by atomic mass is 35.5. The van der Waals surface area contributed by atoms with Gasteiger partial charge in [-0.1, -0.05) is 11.6 Å². The number of nitrogens with one attached hydrogen (secondary N) is 1. The van der Waals surface area contributed by atoms with E-state index in [9.17, 15) is 4.39 Å². The summed E-state index contributed by atoms with van der Waals surface area (Å²) in [7, 11) is 1.98. The van der Waals surface area contributed by atoms with Crippen molar-refractivity contribution in [3.05, 3.63) is 64.8 Å². The van der Waals surface area contributed by atoms with E-state index >= 15 is 0 Å². The average molecular weight is 386 g/mol. The highest BCUT2D eigenvalue weighted by Crippen LogP contribution is 2.26.